The van der Waals surface area contributed by atoms with Crippen molar-refractivity contribution in [2.45, 2.75) is 6.18 Å². The minimum absolute atomic E-state index is 0.258. The van der Waals surface area contributed by atoms with E-state index in [1.165, 1.54) is 11.1 Å². The lowest BCUT2D eigenvalue weighted by Gasteiger charge is -2.36. The van der Waals surface area contributed by atoms with Crippen LogP contribution in [0.5, 0.6) is 0 Å². The number of piperazine rings is 1. The molecule has 7 nitrogen and oxygen atoms in total. The summed E-state index contributed by atoms with van der Waals surface area (Å²) in [6.07, 6.45) is -1.10. The van der Waals surface area contributed by atoms with E-state index < -0.39 is 18.8 Å². The molecular weight excluding hydrogens is 468 g/mol. The van der Waals surface area contributed by atoms with Gasteiger partial charge in [0.05, 0.1) is 29.1 Å². The number of fused-ring (bicyclic) bond motifs is 1. The number of carbonyl (C=O) groups excluding carboxylic acids is 1. The third kappa shape index (κ3) is 5.37. The number of urea groups is 1. The van der Waals surface area contributed by atoms with Gasteiger partial charge >= 0.3 is 12.2 Å². The fourth-order valence-electron chi connectivity index (χ4n) is 3.58. The van der Waals surface area contributed by atoms with Crippen LogP contribution in [-0.2, 0) is 0 Å². The van der Waals surface area contributed by atoms with Gasteiger partial charge in [-0.05, 0) is 24.3 Å². The Bertz CT molecular complexity index is 1130. The Morgan fingerprint density at radius 2 is 1.88 bits per heavy atom. The second-order valence-corrected chi connectivity index (χ2v) is 8.22. The smallest absolute Gasteiger partial charge is 0.359 e. The van der Waals surface area contributed by atoms with Gasteiger partial charge in [0.2, 0.25) is 0 Å². The number of halogens is 5. The molecule has 1 saturated heterocycles. The predicted octanol–water partition coefficient (Wildman–Crippen LogP) is 5.20. The van der Waals surface area contributed by atoms with Crippen molar-refractivity contribution in [1.29, 1.82) is 0 Å². The summed E-state index contributed by atoms with van der Waals surface area (Å²) in [5.41, 5.74) is 1.77. The lowest BCUT2D eigenvalue weighted by Crippen LogP contribution is -2.49. The molecule has 1 aromatic carbocycles. The fraction of sp³-hybridized carbons (Fsp3) is 0.300. The zero-order valence-corrected chi connectivity index (χ0v) is 18.2. The van der Waals surface area contributed by atoms with Gasteiger partial charge in [-0.2, -0.15) is 13.2 Å². The summed E-state index contributed by atoms with van der Waals surface area (Å²) in [4.78, 5) is 22.9. The average Bonchev–Trinajstić information content (AvgIpc) is 3.09. The highest BCUT2D eigenvalue weighted by atomic mass is 35.5. The Balaban J connectivity index is 1.37. The first kappa shape index (κ1) is 22.5. The van der Waals surface area contributed by atoms with E-state index in [1.54, 1.807) is 24.4 Å². The van der Waals surface area contributed by atoms with Crippen LogP contribution in [-0.4, -0.2) is 59.8 Å². The number of aromatic amines is 1. The van der Waals surface area contributed by atoms with Crippen molar-refractivity contribution < 1.29 is 18.0 Å². The quantitative estimate of drug-likeness (QED) is 0.473. The lowest BCUT2D eigenvalue weighted by atomic mass is 10.2. The zero-order valence-electron chi connectivity index (χ0n) is 16.6. The number of benzene rings is 1. The summed E-state index contributed by atoms with van der Waals surface area (Å²) >= 11 is 12.4. The first-order chi connectivity index (χ1) is 15.2. The van der Waals surface area contributed by atoms with Crippen LogP contribution < -0.4 is 15.5 Å². The number of carbonyl (C=O) groups is 1. The molecule has 32 heavy (non-hydrogen) atoms. The fourth-order valence-corrected chi connectivity index (χ4v) is 4.04. The lowest BCUT2D eigenvalue weighted by molar-refractivity contribution is -0.146. The molecule has 0 spiro atoms. The standard InChI is InChI=1S/C20H19Cl2F3N6O/c21-12-1-2-16-14(7-12)17(10-26-16)29-19(32)28-13-8-15(22)18(27-9-13)31-5-3-30(4-6-31)11-20(23,24)25/h1-2,7-10,26H,3-6,11H2,(H2,28,29,32). The number of nitrogens with one attached hydrogen (secondary N) is 3. The van der Waals surface area contributed by atoms with E-state index in [1.807, 2.05) is 11.0 Å². The molecule has 0 aliphatic carbocycles. The zero-order chi connectivity index (χ0) is 22.9. The summed E-state index contributed by atoms with van der Waals surface area (Å²) in [6.45, 7) is 0.337. The van der Waals surface area contributed by atoms with Crippen LogP contribution in [0.2, 0.25) is 10.0 Å². The first-order valence-corrected chi connectivity index (χ1v) is 10.5. The number of amides is 2. The third-order valence-electron chi connectivity index (χ3n) is 5.05. The van der Waals surface area contributed by atoms with Crippen molar-refractivity contribution in [2.75, 3.05) is 48.3 Å². The van der Waals surface area contributed by atoms with E-state index in [-0.39, 0.29) is 13.1 Å². The van der Waals surface area contributed by atoms with Gasteiger partial charge in [0.25, 0.3) is 0 Å². The average molecular weight is 487 g/mol. The molecule has 3 N–H and O–H groups in total. The number of rotatable bonds is 4. The Morgan fingerprint density at radius 3 is 2.56 bits per heavy atom. The summed E-state index contributed by atoms with van der Waals surface area (Å²) < 4.78 is 37.7. The van der Waals surface area contributed by atoms with Crippen molar-refractivity contribution in [3.8, 4) is 0 Å². The van der Waals surface area contributed by atoms with Crippen molar-refractivity contribution in [3.05, 3.63) is 46.7 Å². The van der Waals surface area contributed by atoms with Crippen molar-refractivity contribution >= 4 is 57.3 Å². The highest BCUT2D eigenvalue weighted by molar-refractivity contribution is 6.33. The molecule has 2 aromatic heterocycles. The molecule has 0 bridgehead atoms. The van der Waals surface area contributed by atoms with E-state index in [9.17, 15) is 18.0 Å². The number of hydrogen-bond acceptors (Lipinski definition) is 4. The molecule has 0 atom stereocenters. The van der Waals surface area contributed by atoms with Gasteiger partial charge in [-0.3, -0.25) is 4.90 Å². The number of anilines is 3. The van der Waals surface area contributed by atoms with E-state index in [2.05, 4.69) is 20.6 Å². The first-order valence-electron chi connectivity index (χ1n) is 9.72. The second kappa shape index (κ2) is 9.05. The van der Waals surface area contributed by atoms with Gasteiger partial charge in [0.1, 0.15) is 5.82 Å². The van der Waals surface area contributed by atoms with Crippen LogP contribution in [0.1, 0.15) is 0 Å². The van der Waals surface area contributed by atoms with Crippen LogP contribution in [0.4, 0.5) is 35.2 Å². The minimum Gasteiger partial charge on any atom is -0.359 e. The topological polar surface area (TPSA) is 76.3 Å². The number of aromatic nitrogens is 2. The normalized spacial score (nSPS) is 15.2. The summed E-state index contributed by atoms with van der Waals surface area (Å²) in [7, 11) is 0. The maximum absolute atomic E-state index is 12.6. The van der Waals surface area contributed by atoms with Gasteiger partial charge in [-0.25, -0.2) is 9.78 Å². The number of alkyl halides is 3. The highest BCUT2D eigenvalue weighted by Crippen LogP contribution is 2.29. The SMILES string of the molecule is O=C(Nc1cnc(N2CCN(CC(F)(F)F)CC2)c(Cl)c1)Nc1c[nH]c2ccc(Cl)cc12. The molecule has 0 radical (unpaired) electrons. The van der Waals surface area contributed by atoms with Crippen LogP contribution in [0.3, 0.4) is 0 Å². The van der Waals surface area contributed by atoms with Crippen molar-refractivity contribution in [1.82, 2.24) is 14.9 Å². The molecule has 1 aliphatic rings. The molecule has 3 aromatic rings. The highest BCUT2D eigenvalue weighted by Gasteiger charge is 2.32. The van der Waals surface area contributed by atoms with Crippen molar-refractivity contribution in [3.63, 3.8) is 0 Å². The van der Waals surface area contributed by atoms with Crippen LogP contribution in [0, 0.1) is 0 Å². The van der Waals surface area contributed by atoms with Gasteiger partial charge in [-0.1, -0.05) is 23.2 Å². The van der Waals surface area contributed by atoms with E-state index in [0.29, 0.717) is 40.3 Å². The predicted molar refractivity (Wildman–Crippen MR) is 120 cm³/mol. The largest absolute Gasteiger partial charge is 0.401 e. The van der Waals surface area contributed by atoms with Gasteiger partial charge in [0.15, 0.2) is 0 Å². The van der Waals surface area contributed by atoms with Crippen LogP contribution >= 0.6 is 23.2 Å². The van der Waals surface area contributed by atoms with Crippen molar-refractivity contribution in [2.24, 2.45) is 0 Å². The molecule has 3 heterocycles. The number of H-pyrrole nitrogens is 1. The molecular formula is C20H19Cl2F3N6O. The maximum Gasteiger partial charge on any atom is 0.401 e. The summed E-state index contributed by atoms with van der Waals surface area (Å²) in [6, 6.07) is 6.36. The summed E-state index contributed by atoms with van der Waals surface area (Å²) in [5, 5.41) is 7.02. The third-order valence-corrected chi connectivity index (χ3v) is 5.56. The van der Waals surface area contributed by atoms with Crippen LogP contribution in [0.25, 0.3) is 10.9 Å². The molecule has 2 amide bonds. The van der Waals surface area contributed by atoms with E-state index in [0.717, 1.165) is 10.9 Å². The number of pyridine rings is 1. The van der Waals surface area contributed by atoms with E-state index in [4.69, 9.17) is 23.2 Å². The second-order valence-electron chi connectivity index (χ2n) is 7.38. The molecule has 4 rings (SSSR count). The molecule has 1 aliphatic heterocycles. The van der Waals surface area contributed by atoms with Crippen LogP contribution in [0.15, 0.2) is 36.7 Å². The number of nitrogens with zero attached hydrogens (tertiary/aromatic N) is 3. The minimum atomic E-state index is -4.22. The Kier molecular flexibility index (Phi) is 6.36. The molecule has 170 valence electrons. The Hall–Kier alpha value is -2.69. The molecule has 0 saturated carbocycles. The Morgan fingerprint density at radius 1 is 1.12 bits per heavy atom. The van der Waals surface area contributed by atoms with E-state index >= 15 is 0 Å². The number of hydrogen-bond donors (Lipinski definition) is 3. The monoisotopic (exact) mass is 486 g/mol. The maximum atomic E-state index is 12.6. The molecule has 1 fully saturated rings. The van der Waals surface area contributed by atoms with Gasteiger partial charge in [0, 0.05) is 48.3 Å². The Labute approximate surface area is 191 Å². The molecule has 0 unspecified atom stereocenters. The summed E-state index contributed by atoms with van der Waals surface area (Å²) in [5.74, 6) is 0.468. The molecule has 12 heteroatoms. The van der Waals surface area contributed by atoms with Gasteiger partial charge < -0.3 is 20.5 Å². The van der Waals surface area contributed by atoms with Gasteiger partial charge in [-0.15, -0.1) is 0 Å².